The van der Waals surface area contributed by atoms with Gasteiger partial charge in [-0.1, -0.05) is 30.3 Å². The molecule has 0 aliphatic heterocycles. The predicted octanol–water partition coefficient (Wildman–Crippen LogP) is 2.88. The van der Waals surface area contributed by atoms with Crippen LogP contribution in [0.5, 0.6) is 0 Å². The first-order valence-electron chi connectivity index (χ1n) is 7.01. The number of ether oxygens (including phenoxy) is 1. The third-order valence-electron chi connectivity index (χ3n) is 3.16. The molecule has 0 spiro atoms. The number of benzene rings is 1. The fourth-order valence-corrected chi connectivity index (χ4v) is 1.91. The average Bonchev–Trinajstić information content (AvgIpc) is 2.49. The monoisotopic (exact) mass is 374 g/mol. The molecule has 0 aliphatic rings. The van der Waals surface area contributed by atoms with Crippen LogP contribution in [0, 0.1) is 0 Å². The molecule has 1 amide bonds. The number of nitrogens with one attached hydrogen (secondary N) is 2. The number of rotatable bonds is 6. The topological polar surface area (TPSA) is 70.6 Å². The molecule has 0 aromatic heterocycles. The predicted molar refractivity (Wildman–Crippen MR) is 74.4 cm³/mol. The number of halogens is 6. The maximum atomic E-state index is 13.2. The lowest BCUT2D eigenvalue weighted by atomic mass is 10.1. The molecule has 3 N–H and O–H groups in total. The highest BCUT2D eigenvalue weighted by atomic mass is 19.4. The SMILES string of the molecule is CCOC(=O)NC(NC[C@@H](O)c1ccccc1)(C(F)(F)F)C(F)(F)F. The number of carbonyl (C=O) groups excluding carboxylic acids is 1. The summed E-state index contributed by atoms with van der Waals surface area (Å²) in [6.45, 7) is -0.339. The molecule has 5 nitrogen and oxygen atoms in total. The molecule has 0 heterocycles. The highest BCUT2D eigenvalue weighted by Crippen LogP contribution is 2.41. The van der Waals surface area contributed by atoms with Crippen LogP contribution in [0.15, 0.2) is 30.3 Å². The molecule has 1 atom stereocenters. The molecule has 0 bridgehead atoms. The molecule has 142 valence electrons. The number of hydrogen-bond donors (Lipinski definition) is 3. The van der Waals surface area contributed by atoms with E-state index >= 15 is 0 Å². The van der Waals surface area contributed by atoms with Gasteiger partial charge in [-0.15, -0.1) is 0 Å². The quantitative estimate of drug-likeness (QED) is 0.529. The van der Waals surface area contributed by atoms with Gasteiger partial charge in [-0.2, -0.15) is 26.3 Å². The summed E-state index contributed by atoms with van der Waals surface area (Å²) in [7, 11) is 0. The molecule has 11 heteroatoms. The summed E-state index contributed by atoms with van der Waals surface area (Å²) in [6.07, 6.45) is -15.5. The van der Waals surface area contributed by atoms with Crippen molar-refractivity contribution in [1.29, 1.82) is 0 Å². The second-order valence-electron chi connectivity index (χ2n) is 4.90. The zero-order valence-corrected chi connectivity index (χ0v) is 12.9. The van der Waals surface area contributed by atoms with Crippen LogP contribution in [0.2, 0.25) is 0 Å². The fourth-order valence-electron chi connectivity index (χ4n) is 1.91. The number of carbonyl (C=O) groups is 1. The summed E-state index contributed by atoms with van der Waals surface area (Å²) >= 11 is 0. The number of alkyl carbamates (subject to hydrolysis) is 1. The van der Waals surface area contributed by atoms with Crippen molar-refractivity contribution in [2.75, 3.05) is 13.2 Å². The van der Waals surface area contributed by atoms with Gasteiger partial charge < -0.3 is 9.84 Å². The van der Waals surface area contributed by atoms with E-state index in [9.17, 15) is 36.2 Å². The van der Waals surface area contributed by atoms with Crippen molar-refractivity contribution in [1.82, 2.24) is 10.6 Å². The molecule has 0 radical (unpaired) electrons. The second-order valence-corrected chi connectivity index (χ2v) is 4.90. The lowest BCUT2D eigenvalue weighted by Crippen LogP contribution is -2.75. The van der Waals surface area contributed by atoms with E-state index in [0.29, 0.717) is 0 Å². The molecule has 0 aliphatic carbocycles. The summed E-state index contributed by atoms with van der Waals surface area (Å²) in [5.74, 6) is 0. The first-order valence-corrected chi connectivity index (χ1v) is 7.01. The molecule has 1 aromatic carbocycles. The van der Waals surface area contributed by atoms with Crippen LogP contribution in [0.1, 0.15) is 18.6 Å². The van der Waals surface area contributed by atoms with Gasteiger partial charge in [0.2, 0.25) is 0 Å². The third kappa shape index (κ3) is 4.98. The highest BCUT2D eigenvalue weighted by molar-refractivity contribution is 5.68. The van der Waals surface area contributed by atoms with Gasteiger partial charge in [0.15, 0.2) is 0 Å². The largest absolute Gasteiger partial charge is 0.450 e. The molecule has 25 heavy (non-hydrogen) atoms. The summed E-state index contributed by atoms with van der Waals surface area (Å²) in [4.78, 5) is 11.2. The maximum Gasteiger partial charge on any atom is 0.434 e. The van der Waals surface area contributed by atoms with E-state index in [1.54, 1.807) is 6.07 Å². The Morgan fingerprint density at radius 1 is 1.12 bits per heavy atom. The van der Waals surface area contributed by atoms with Crippen molar-refractivity contribution in [3.63, 3.8) is 0 Å². The Balaban J connectivity index is 3.10. The van der Waals surface area contributed by atoms with Crippen molar-refractivity contribution in [2.24, 2.45) is 0 Å². The summed E-state index contributed by atoms with van der Waals surface area (Å²) in [6, 6.07) is 7.12. The van der Waals surface area contributed by atoms with Gasteiger partial charge in [0.1, 0.15) is 0 Å². The Kier molecular flexibility index (Phi) is 6.66. The molecular formula is C14H16F6N2O3. The second kappa shape index (κ2) is 7.91. The van der Waals surface area contributed by atoms with Crippen molar-refractivity contribution in [2.45, 2.75) is 31.0 Å². The van der Waals surface area contributed by atoms with Crippen LogP contribution in [0.3, 0.4) is 0 Å². The van der Waals surface area contributed by atoms with E-state index in [1.807, 2.05) is 0 Å². The van der Waals surface area contributed by atoms with Crippen molar-refractivity contribution >= 4 is 6.09 Å². The van der Waals surface area contributed by atoms with E-state index in [0.717, 1.165) is 5.32 Å². The molecule has 1 rings (SSSR count). The Hall–Kier alpha value is -2.01. The Bertz CT molecular complexity index is 548. The van der Waals surface area contributed by atoms with Gasteiger partial charge >= 0.3 is 18.4 Å². The lowest BCUT2D eigenvalue weighted by Gasteiger charge is -2.38. The van der Waals surface area contributed by atoms with Gasteiger partial charge in [-0.05, 0) is 12.5 Å². The van der Waals surface area contributed by atoms with Crippen LogP contribution in [-0.4, -0.2) is 42.4 Å². The Labute approximate surface area is 139 Å². The zero-order chi connectivity index (χ0) is 19.3. The maximum absolute atomic E-state index is 13.2. The van der Waals surface area contributed by atoms with E-state index < -0.39 is 43.4 Å². The Morgan fingerprint density at radius 2 is 1.64 bits per heavy atom. The minimum Gasteiger partial charge on any atom is -0.450 e. The number of aliphatic hydroxyl groups is 1. The van der Waals surface area contributed by atoms with E-state index in [1.165, 1.54) is 36.5 Å². The summed E-state index contributed by atoms with van der Waals surface area (Å²) in [5, 5.41) is 11.8. The summed E-state index contributed by atoms with van der Waals surface area (Å²) in [5.41, 5.74) is -4.67. The van der Waals surface area contributed by atoms with Crippen LogP contribution in [0.4, 0.5) is 31.1 Å². The average molecular weight is 374 g/mol. The number of alkyl halides is 6. The van der Waals surface area contributed by atoms with Gasteiger partial charge in [-0.3, -0.25) is 10.6 Å². The number of amides is 1. The van der Waals surface area contributed by atoms with Gasteiger partial charge in [0.05, 0.1) is 12.7 Å². The Morgan fingerprint density at radius 3 is 2.08 bits per heavy atom. The smallest absolute Gasteiger partial charge is 0.434 e. The molecule has 0 fully saturated rings. The van der Waals surface area contributed by atoms with Crippen LogP contribution >= 0.6 is 0 Å². The molecule has 0 saturated carbocycles. The fraction of sp³-hybridized carbons (Fsp3) is 0.500. The molecular weight excluding hydrogens is 358 g/mol. The number of aliphatic hydroxyl groups excluding tert-OH is 1. The highest BCUT2D eigenvalue weighted by Gasteiger charge is 2.72. The normalized spacial score (nSPS) is 14.1. The van der Waals surface area contributed by atoms with Gasteiger partial charge in [0, 0.05) is 6.54 Å². The van der Waals surface area contributed by atoms with Gasteiger partial charge in [-0.25, -0.2) is 4.79 Å². The van der Waals surface area contributed by atoms with Crippen molar-refractivity contribution < 1.29 is 41.0 Å². The first kappa shape index (κ1) is 21.0. The molecule has 1 aromatic rings. The van der Waals surface area contributed by atoms with Crippen molar-refractivity contribution in [3.05, 3.63) is 35.9 Å². The van der Waals surface area contributed by atoms with Crippen LogP contribution < -0.4 is 10.6 Å². The molecule has 0 saturated heterocycles. The minimum absolute atomic E-state index is 0.101. The van der Waals surface area contributed by atoms with Crippen LogP contribution in [0.25, 0.3) is 0 Å². The number of hydrogen-bond acceptors (Lipinski definition) is 4. The molecule has 0 unspecified atom stereocenters. The minimum atomic E-state index is -5.95. The van der Waals surface area contributed by atoms with E-state index in [4.69, 9.17) is 0 Å². The lowest BCUT2D eigenvalue weighted by molar-refractivity contribution is -0.315. The zero-order valence-electron chi connectivity index (χ0n) is 12.9. The van der Waals surface area contributed by atoms with E-state index in [2.05, 4.69) is 4.74 Å². The van der Waals surface area contributed by atoms with Gasteiger partial charge in [0.25, 0.3) is 5.66 Å². The third-order valence-corrected chi connectivity index (χ3v) is 3.16. The summed E-state index contributed by atoms with van der Waals surface area (Å²) < 4.78 is 83.3. The van der Waals surface area contributed by atoms with Crippen molar-refractivity contribution in [3.8, 4) is 0 Å². The standard InChI is InChI=1S/C14H16F6N2O3/c1-2-25-11(24)22-12(13(15,16)17,14(18,19)20)21-8-10(23)9-6-4-3-5-7-9/h3-7,10,21,23H,2,8H2,1H3,(H,22,24)/t10-/m1/s1. The first-order chi connectivity index (χ1) is 11.4. The van der Waals surface area contributed by atoms with Crippen LogP contribution in [-0.2, 0) is 4.74 Å². The van der Waals surface area contributed by atoms with E-state index in [-0.39, 0.29) is 5.56 Å².